The molecule has 0 aromatic heterocycles. The van der Waals surface area contributed by atoms with Crippen molar-refractivity contribution >= 4 is 0 Å². The Labute approximate surface area is 101 Å². The summed E-state index contributed by atoms with van der Waals surface area (Å²) < 4.78 is 0. The molecule has 2 saturated heterocycles. The van der Waals surface area contributed by atoms with Gasteiger partial charge in [0, 0.05) is 19.1 Å². The predicted octanol–water partition coefficient (Wildman–Crippen LogP) is 2.50. The maximum atomic E-state index is 3.70. The van der Waals surface area contributed by atoms with E-state index in [0.29, 0.717) is 0 Å². The first kappa shape index (κ1) is 12.4. The van der Waals surface area contributed by atoms with Crippen molar-refractivity contribution < 1.29 is 0 Å². The van der Waals surface area contributed by atoms with E-state index in [1.807, 2.05) is 0 Å². The van der Waals surface area contributed by atoms with Crippen molar-refractivity contribution in [1.82, 2.24) is 10.2 Å². The second kappa shape index (κ2) is 6.02. The minimum Gasteiger partial charge on any atom is -0.313 e. The van der Waals surface area contributed by atoms with Crippen molar-refractivity contribution in [2.45, 2.75) is 52.0 Å². The van der Waals surface area contributed by atoms with Crippen molar-refractivity contribution in [2.75, 3.05) is 26.2 Å². The topological polar surface area (TPSA) is 15.3 Å². The highest BCUT2D eigenvalue weighted by Crippen LogP contribution is 2.23. The van der Waals surface area contributed by atoms with E-state index in [1.165, 1.54) is 58.3 Å². The number of hydrogen-bond donors (Lipinski definition) is 1. The summed E-state index contributed by atoms with van der Waals surface area (Å²) in [6.45, 7) is 9.91. The zero-order valence-corrected chi connectivity index (χ0v) is 11.0. The van der Waals surface area contributed by atoms with E-state index >= 15 is 0 Å². The molecule has 0 spiro atoms. The van der Waals surface area contributed by atoms with Gasteiger partial charge in [-0.05, 0) is 44.2 Å². The Kier molecular flexibility index (Phi) is 4.66. The lowest BCUT2D eigenvalue weighted by Gasteiger charge is -2.32. The van der Waals surface area contributed by atoms with Gasteiger partial charge < -0.3 is 10.2 Å². The predicted molar refractivity (Wildman–Crippen MR) is 69.6 cm³/mol. The lowest BCUT2D eigenvalue weighted by molar-refractivity contribution is 0.220. The van der Waals surface area contributed by atoms with Crippen LogP contribution in [0.4, 0.5) is 0 Å². The lowest BCUT2D eigenvalue weighted by atomic mass is 9.90. The number of rotatable bonds is 4. The van der Waals surface area contributed by atoms with Gasteiger partial charge in [-0.1, -0.05) is 26.7 Å². The van der Waals surface area contributed by atoms with Gasteiger partial charge in [0.15, 0.2) is 0 Å². The summed E-state index contributed by atoms with van der Waals surface area (Å²) >= 11 is 0. The molecule has 0 saturated carbocycles. The summed E-state index contributed by atoms with van der Waals surface area (Å²) in [7, 11) is 0. The van der Waals surface area contributed by atoms with Crippen LogP contribution in [-0.2, 0) is 0 Å². The molecule has 0 amide bonds. The van der Waals surface area contributed by atoms with Crippen LogP contribution in [0.25, 0.3) is 0 Å². The highest BCUT2D eigenvalue weighted by atomic mass is 15.2. The van der Waals surface area contributed by atoms with Gasteiger partial charge in [-0.15, -0.1) is 0 Å². The summed E-state index contributed by atoms with van der Waals surface area (Å²) in [4.78, 5) is 2.68. The molecule has 94 valence electrons. The quantitative estimate of drug-likeness (QED) is 0.789. The molecule has 0 radical (unpaired) electrons. The van der Waals surface area contributed by atoms with Crippen LogP contribution in [0.1, 0.15) is 46.0 Å². The molecule has 2 rings (SSSR count). The summed E-state index contributed by atoms with van der Waals surface area (Å²) in [6.07, 6.45) is 6.97. The number of piperidine rings is 1. The minimum absolute atomic E-state index is 0.773. The maximum absolute atomic E-state index is 3.70. The second-order valence-corrected chi connectivity index (χ2v) is 5.77. The van der Waals surface area contributed by atoms with E-state index < -0.39 is 0 Å². The molecule has 2 aliphatic rings. The van der Waals surface area contributed by atoms with Crippen LogP contribution in [0, 0.1) is 11.8 Å². The van der Waals surface area contributed by atoms with Crippen LogP contribution in [0.5, 0.6) is 0 Å². The van der Waals surface area contributed by atoms with Crippen LogP contribution in [-0.4, -0.2) is 37.1 Å². The molecular formula is C14H28N2. The molecule has 0 aromatic carbocycles. The highest BCUT2D eigenvalue weighted by molar-refractivity contribution is 4.83. The molecule has 0 aromatic rings. The third kappa shape index (κ3) is 3.21. The zero-order valence-electron chi connectivity index (χ0n) is 11.0. The van der Waals surface area contributed by atoms with Crippen LogP contribution in [0.15, 0.2) is 0 Å². The molecule has 3 unspecified atom stereocenters. The molecule has 2 nitrogen and oxygen atoms in total. The molecule has 1 N–H and O–H groups in total. The van der Waals surface area contributed by atoms with Gasteiger partial charge in [0.05, 0.1) is 0 Å². The number of likely N-dealkylation sites (tertiary alicyclic amines) is 1. The van der Waals surface area contributed by atoms with Crippen LogP contribution in [0.3, 0.4) is 0 Å². The second-order valence-electron chi connectivity index (χ2n) is 5.77. The summed E-state index contributed by atoms with van der Waals surface area (Å²) in [5, 5.41) is 3.70. The Morgan fingerprint density at radius 1 is 1.12 bits per heavy atom. The van der Waals surface area contributed by atoms with Crippen molar-refractivity contribution in [1.29, 1.82) is 0 Å². The first-order valence-corrected chi connectivity index (χ1v) is 7.27. The van der Waals surface area contributed by atoms with E-state index in [9.17, 15) is 0 Å². The standard InChI is InChI=1S/C14H28N2/c1-3-12-5-7-15-14(9-12)11-16-8-6-13(4-2)10-16/h12-15H,3-11H2,1-2H3. The Morgan fingerprint density at radius 3 is 2.62 bits per heavy atom. The van der Waals surface area contributed by atoms with Gasteiger partial charge in [0.2, 0.25) is 0 Å². The van der Waals surface area contributed by atoms with Crippen LogP contribution < -0.4 is 5.32 Å². The fourth-order valence-corrected chi connectivity index (χ4v) is 3.33. The summed E-state index contributed by atoms with van der Waals surface area (Å²) in [5.41, 5.74) is 0. The summed E-state index contributed by atoms with van der Waals surface area (Å²) in [5.74, 6) is 1.96. The average Bonchev–Trinajstić information content (AvgIpc) is 2.77. The number of nitrogens with zero attached hydrogens (tertiary/aromatic N) is 1. The first-order valence-electron chi connectivity index (χ1n) is 7.27. The number of hydrogen-bond acceptors (Lipinski definition) is 2. The molecule has 0 aliphatic carbocycles. The van der Waals surface area contributed by atoms with Gasteiger partial charge in [-0.2, -0.15) is 0 Å². The Balaban J connectivity index is 1.73. The normalized spacial score (nSPS) is 36.8. The monoisotopic (exact) mass is 224 g/mol. The third-order valence-electron chi connectivity index (χ3n) is 4.61. The molecular weight excluding hydrogens is 196 g/mol. The third-order valence-corrected chi connectivity index (χ3v) is 4.61. The largest absolute Gasteiger partial charge is 0.313 e. The Hall–Kier alpha value is -0.0800. The number of nitrogens with one attached hydrogen (secondary N) is 1. The van der Waals surface area contributed by atoms with Crippen LogP contribution >= 0.6 is 0 Å². The summed E-state index contributed by atoms with van der Waals surface area (Å²) in [6, 6.07) is 0.773. The molecule has 2 aliphatic heterocycles. The van der Waals surface area contributed by atoms with E-state index in [-0.39, 0.29) is 0 Å². The van der Waals surface area contributed by atoms with Gasteiger partial charge >= 0.3 is 0 Å². The van der Waals surface area contributed by atoms with Crippen molar-refractivity contribution in [3.05, 3.63) is 0 Å². The SMILES string of the molecule is CCC1CCNC(CN2CCC(CC)C2)C1. The molecule has 0 bridgehead atoms. The van der Waals surface area contributed by atoms with Gasteiger partial charge in [-0.3, -0.25) is 0 Å². The highest BCUT2D eigenvalue weighted by Gasteiger charge is 2.26. The van der Waals surface area contributed by atoms with E-state index in [0.717, 1.165) is 17.9 Å². The van der Waals surface area contributed by atoms with Gasteiger partial charge in [-0.25, -0.2) is 0 Å². The Bertz CT molecular complexity index is 205. The van der Waals surface area contributed by atoms with E-state index in [2.05, 4.69) is 24.1 Å². The van der Waals surface area contributed by atoms with Crippen molar-refractivity contribution in [3.8, 4) is 0 Å². The molecule has 3 atom stereocenters. The first-order chi connectivity index (χ1) is 7.81. The minimum atomic E-state index is 0.773. The van der Waals surface area contributed by atoms with E-state index in [1.54, 1.807) is 0 Å². The Morgan fingerprint density at radius 2 is 1.94 bits per heavy atom. The molecule has 2 heteroatoms. The van der Waals surface area contributed by atoms with Gasteiger partial charge in [0.25, 0.3) is 0 Å². The smallest absolute Gasteiger partial charge is 0.0197 e. The zero-order chi connectivity index (χ0) is 11.4. The maximum Gasteiger partial charge on any atom is 0.0197 e. The van der Waals surface area contributed by atoms with Gasteiger partial charge in [0.1, 0.15) is 0 Å². The fraction of sp³-hybridized carbons (Fsp3) is 1.00. The van der Waals surface area contributed by atoms with Crippen LogP contribution in [0.2, 0.25) is 0 Å². The fourth-order valence-electron chi connectivity index (χ4n) is 3.33. The molecule has 2 heterocycles. The molecule has 16 heavy (non-hydrogen) atoms. The van der Waals surface area contributed by atoms with Crippen molar-refractivity contribution in [2.24, 2.45) is 11.8 Å². The molecule has 2 fully saturated rings. The van der Waals surface area contributed by atoms with Crippen molar-refractivity contribution in [3.63, 3.8) is 0 Å². The average molecular weight is 224 g/mol. The van der Waals surface area contributed by atoms with E-state index in [4.69, 9.17) is 0 Å². The lowest BCUT2D eigenvalue weighted by Crippen LogP contribution is -2.45.